The zero-order valence-corrected chi connectivity index (χ0v) is 10.7. The van der Waals surface area contributed by atoms with Gasteiger partial charge in [0.1, 0.15) is 6.04 Å². The Balaban J connectivity index is 2.22. The smallest absolute Gasteiger partial charge is 0.315 e. The van der Waals surface area contributed by atoms with E-state index >= 15 is 0 Å². The molecular weight excluding hydrogens is 218 g/mol. The van der Waals surface area contributed by atoms with Gasteiger partial charge in [-0.25, -0.2) is 4.79 Å². The lowest BCUT2D eigenvalue weighted by atomic mass is 10.2. The maximum atomic E-state index is 11.6. The molecule has 0 aromatic carbocycles. The molecule has 1 aliphatic rings. The number of hydrogen-bond donors (Lipinski definition) is 3. The summed E-state index contributed by atoms with van der Waals surface area (Å²) in [5.74, 6) is -0.131. The number of amides is 3. The molecule has 0 aliphatic heterocycles. The topological polar surface area (TPSA) is 70.2 Å². The lowest BCUT2D eigenvalue weighted by Crippen LogP contribution is -2.50. The molecule has 98 valence electrons. The Morgan fingerprint density at radius 1 is 1.29 bits per heavy atom. The van der Waals surface area contributed by atoms with Gasteiger partial charge in [-0.1, -0.05) is 19.8 Å². The summed E-state index contributed by atoms with van der Waals surface area (Å²) < 4.78 is 0. The van der Waals surface area contributed by atoms with Crippen molar-refractivity contribution >= 4 is 11.9 Å². The highest BCUT2D eigenvalue weighted by Crippen LogP contribution is 2.17. The predicted octanol–water partition coefficient (Wildman–Crippen LogP) is 1.14. The average Bonchev–Trinajstić information content (AvgIpc) is 2.78. The largest absolute Gasteiger partial charge is 0.354 e. The van der Waals surface area contributed by atoms with Crippen LogP contribution in [0.25, 0.3) is 0 Å². The van der Waals surface area contributed by atoms with Crippen molar-refractivity contribution in [2.45, 2.75) is 58.0 Å². The molecule has 0 heterocycles. The van der Waals surface area contributed by atoms with E-state index in [1.54, 1.807) is 6.92 Å². The second-order valence-electron chi connectivity index (χ2n) is 4.61. The fourth-order valence-corrected chi connectivity index (χ4v) is 1.96. The van der Waals surface area contributed by atoms with Crippen LogP contribution in [0.2, 0.25) is 0 Å². The molecular formula is C12H23N3O2. The van der Waals surface area contributed by atoms with E-state index < -0.39 is 6.04 Å². The number of carbonyl (C=O) groups excluding carboxylic acids is 2. The van der Waals surface area contributed by atoms with Gasteiger partial charge in [0.2, 0.25) is 5.91 Å². The third-order valence-electron chi connectivity index (χ3n) is 2.98. The second kappa shape index (κ2) is 7.14. The molecule has 1 atom stereocenters. The first-order valence-electron chi connectivity index (χ1n) is 6.48. The summed E-state index contributed by atoms with van der Waals surface area (Å²) in [5.41, 5.74) is 0. The lowest BCUT2D eigenvalue weighted by molar-refractivity contribution is -0.122. The number of carbonyl (C=O) groups is 2. The summed E-state index contributed by atoms with van der Waals surface area (Å²) in [6.07, 6.45) is 5.34. The van der Waals surface area contributed by atoms with Crippen molar-refractivity contribution in [1.29, 1.82) is 0 Å². The van der Waals surface area contributed by atoms with Crippen LogP contribution in [0.4, 0.5) is 4.79 Å². The maximum absolute atomic E-state index is 11.6. The molecule has 1 fully saturated rings. The zero-order valence-electron chi connectivity index (χ0n) is 10.7. The lowest BCUT2D eigenvalue weighted by Gasteiger charge is -2.17. The van der Waals surface area contributed by atoms with Crippen molar-refractivity contribution in [2.24, 2.45) is 0 Å². The summed E-state index contributed by atoms with van der Waals surface area (Å²) in [4.78, 5) is 23.1. The van der Waals surface area contributed by atoms with Gasteiger partial charge in [-0.3, -0.25) is 4.79 Å². The molecule has 0 spiro atoms. The molecule has 0 bridgehead atoms. The minimum Gasteiger partial charge on any atom is -0.354 e. The predicted molar refractivity (Wildman–Crippen MR) is 66.7 cm³/mol. The van der Waals surface area contributed by atoms with Gasteiger partial charge in [0.25, 0.3) is 0 Å². The van der Waals surface area contributed by atoms with Gasteiger partial charge in [0.05, 0.1) is 0 Å². The summed E-state index contributed by atoms with van der Waals surface area (Å²) in [7, 11) is 0. The van der Waals surface area contributed by atoms with E-state index in [4.69, 9.17) is 0 Å². The van der Waals surface area contributed by atoms with Crippen molar-refractivity contribution in [1.82, 2.24) is 16.0 Å². The molecule has 1 aliphatic carbocycles. The summed E-state index contributed by atoms with van der Waals surface area (Å²) in [6.45, 7) is 4.33. The van der Waals surface area contributed by atoms with Crippen molar-refractivity contribution < 1.29 is 9.59 Å². The molecule has 0 saturated heterocycles. The van der Waals surface area contributed by atoms with Gasteiger partial charge in [-0.05, 0) is 26.2 Å². The highest BCUT2D eigenvalue weighted by atomic mass is 16.2. The van der Waals surface area contributed by atoms with Crippen molar-refractivity contribution in [2.75, 3.05) is 6.54 Å². The molecule has 5 heteroatoms. The van der Waals surface area contributed by atoms with Crippen LogP contribution < -0.4 is 16.0 Å². The van der Waals surface area contributed by atoms with Crippen LogP contribution in [0.15, 0.2) is 0 Å². The van der Waals surface area contributed by atoms with Crippen molar-refractivity contribution in [3.8, 4) is 0 Å². The van der Waals surface area contributed by atoms with Crippen molar-refractivity contribution in [3.05, 3.63) is 0 Å². The van der Waals surface area contributed by atoms with Gasteiger partial charge >= 0.3 is 6.03 Å². The van der Waals surface area contributed by atoms with Gasteiger partial charge in [-0.2, -0.15) is 0 Å². The molecule has 0 aromatic rings. The first-order valence-corrected chi connectivity index (χ1v) is 6.48. The highest BCUT2D eigenvalue weighted by Gasteiger charge is 2.19. The normalized spacial score (nSPS) is 17.5. The first-order chi connectivity index (χ1) is 8.13. The summed E-state index contributed by atoms with van der Waals surface area (Å²) in [5, 5.41) is 8.29. The maximum Gasteiger partial charge on any atom is 0.315 e. The van der Waals surface area contributed by atoms with Gasteiger partial charge in [0, 0.05) is 12.6 Å². The Morgan fingerprint density at radius 3 is 2.53 bits per heavy atom. The summed E-state index contributed by atoms with van der Waals surface area (Å²) in [6, 6.07) is -0.445. The van der Waals surface area contributed by atoms with Crippen LogP contribution in [0.1, 0.15) is 46.0 Å². The molecule has 1 rings (SSSR count). The van der Waals surface area contributed by atoms with E-state index in [9.17, 15) is 9.59 Å². The zero-order chi connectivity index (χ0) is 12.7. The quantitative estimate of drug-likeness (QED) is 0.675. The molecule has 1 saturated carbocycles. The Morgan fingerprint density at radius 2 is 1.94 bits per heavy atom. The molecule has 17 heavy (non-hydrogen) atoms. The number of rotatable bonds is 5. The van der Waals surface area contributed by atoms with Gasteiger partial charge in [-0.15, -0.1) is 0 Å². The van der Waals surface area contributed by atoms with Crippen LogP contribution in [0.5, 0.6) is 0 Å². The number of hydrogen-bond acceptors (Lipinski definition) is 2. The van der Waals surface area contributed by atoms with Crippen LogP contribution in [0.3, 0.4) is 0 Å². The van der Waals surface area contributed by atoms with E-state index in [0.717, 1.165) is 19.3 Å². The second-order valence-corrected chi connectivity index (χ2v) is 4.61. The van der Waals surface area contributed by atoms with Crippen LogP contribution in [-0.2, 0) is 4.79 Å². The fraction of sp³-hybridized carbons (Fsp3) is 0.833. The first kappa shape index (κ1) is 13.8. The van der Waals surface area contributed by atoms with Gasteiger partial charge < -0.3 is 16.0 Å². The highest BCUT2D eigenvalue weighted by molar-refractivity contribution is 5.86. The third kappa shape index (κ3) is 5.06. The van der Waals surface area contributed by atoms with E-state index in [1.807, 2.05) is 6.92 Å². The van der Waals surface area contributed by atoms with E-state index in [0.29, 0.717) is 6.54 Å². The van der Waals surface area contributed by atoms with E-state index in [-0.39, 0.29) is 18.0 Å². The van der Waals surface area contributed by atoms with Crippen molar-refractivity contribution in [3.63, 3.8) is 0 Å². The minimum atomic E-state index is -0.483. The molecule has 5 nitrogen and oxygen atoms in total. The SMILES string of the molecule is CCCNC(=O)C(C)NC(=O)NC1CCCC1. The Hall–Kier alpha value is -1.26. The Kier molecular flexibility index (Phi) is 5.80. The molecule has 3 N–H and O–H groups in total. The molecule has 0 radical (unpaired) electrons. The molecule has 0 aromatic heterocycles. The van der Waals surface area contributed by atoms with Crippen LogP contribution in [-0.4, -0.2) is 30.6 Å². The average molecular weight is 241 g/mol. The molecule has 1 unspecified atom stereocenters. The monoisotopic (exact) mass is 241 g/mol. The standard InChI is InChI=1S/C12H23N3O2/c1-3-8-13-11(16)9(2)14-12(17)15-10-6-4-5-7-10/h9-10H,3-8H2,1-2H3,(H,13,16)(H2,14,15,17). The van der Waals surface area contributed by atoms with Crippen LogP contribution >= 0.6 is 0 Å². The number of nitrogens with one attached hydrogen (secondary N) is 3. The summed E-state index contributed by atoms with van der Waals surface area (Å²) >= 11 is 0. The fourth-order valence-electron chi connectivity index (χ4n) is 1.96. The van der Waals surface area contributed by atoms with Gasteiger partial charge in [0.15, 0.2) is 0 Å². The Labute approximate surface area is 103 Å². The van der Waals surface area contributed by atoms with E-state index in [1.165, 1.54) is 12.8 Å². The molecule has 3 amide bonds. The van der Waals surface area contributed by atoms with E-state index in [2.05, 4.69) is 16.0 Å². The Bertz CT molecular complexity index is 262. The minimum absolute atomic E-state index is 0.131. The van der Waals surface area contributed by atoms with Crippen LogP contribution in [0, 0.1) is 0 Å². The number of urea groups is 1. The third-order valence-corrected chi connectivity index (χ3v) is 2.98.